The third-order valence-electron chi connectivity index (χ3n) is 4.19. The van der Waals surface area contributed by atoms with Gasteiger partial charge in [0.1, 0.15) is 16.5 Å². The van der Waals surface area contributed by atoms with Crippen LogP contribution >= 0.6 is 22.9 Å². The Labute approximate surface area is 182 Å². The number of para-hydroxylation sites is 1. The number of benzene rings is 2. The fourth-order valence-corrected chi connectivity index (χ4v) is 3.50. The van der Waals surface area contributed by atoms with Crippen molar-refractivity contribution in [3.05, 3.63) is 75.5 Å². The van der Waals surface area contributed by atoms with E-state index >= 15 is 0 Å². The van der Waals surface area contributed by atoms with Gasteiger partial charge in [-0.2, -0.15) is 0 Å². The monoisotopic (exact) mass is 446 g/mol. The lowest BCUT2D eigenvalue weighted by atomic mass is 10.3. The molecule has 1 heterocycles. The van der Waals surface area contributed by atoms with Gasteiger partial charge in [-0.25, -0.2) is 14.2 Å². The minimum atomic E-state index is -0.522. The molecule has 0 aliphatic carbocycles. The van der Waals surface area contributed by atoms with E-state index in [1.165, 1.54) is 23.5 Å². The molecule has 6 nitrogen and oxygen atoms in total. The number of carbonyl (C=O) groups is 2. The second-order valence-corrected chi connectivity index (χ2v) is 8.10. The molecule has 156 valence electrons. The fourth-order valence-electron chi connectivity index (χ4n) is 2.60. The van der Waals surface area contributed by atoms with Gasteiger partial charge in [-0.05, 0) is 50.2 Å². The summed E-state index contributed by atoms with van der Waals surface area (Å²) in [6, 6.07) is 12.3. The number of halogens is 2. The minimum absolute atomic E-state index is 0.0863. The summed E-state index contributed by atoms with van der Waals surface area (Å²) in [5.41, 5.74) is 0.877. The Morgan fingerprint density at radius 2 is 1.83 bits per heavy atom. The van der Waals surface area contributed by atoms with E-state index in [-0.39, 0.29) is 30.0 Å². The zero-order chi connectivity index (χ0) is 21.7. The van der Waals surface area contributed by atoms with Gasteiger partial charge in [-0.15, -0.1) is 11.3 Å². The molecule has 3 rings (SSSR count). The van der Waals surface area contributed by atoms with Crippen molar-refractivity contribution in [1.29, 1.82) is 0 Å². The number of hydrogen-bond donors (Lipinski definition) is 2. The van der Waals surface area contributed by atoms with E-state index in [1.54, 1.807) is 46.7 Å². The Kier molecular flexibility index (Phi) is 7.02. The molecule has 3 aromatic rings. The quantitative estimate of drug-likeness (QED) is 0.515. The molecule has 0 spiro atoms. The van der Waals surface area contributed by atoms with Crippen LogP contribution in [0.25, 0.3) is 0 Å². The first kappa shape index (κ1) is 21.7. The lowest BCUT2D eigenvalue weighted by Gasteiger charge is -2.26. The van der Waals surface area contributed by atoms with Crippen LogP contribution in [0.15, 0.2) is 53.9 Å². The molecule has 0 saturated heterocycles. The molecular formula is C21H20ClFN4O2S. The van der Waals surface area contributed by atoms with Gasteiger partial charge in [-0.1, -0.05) is 23.7 Å². The number of rotatable bonds is 6. The molecule has 0 atom stereocenters. The second kappa shape index (κ2) is 9.69. The molecule has 0 aliphatic heterocycles. The van der Waals surface area contributed by atoms with E-state index in [0.717, 1.165) is 0 Å². The molecule has 0 bridgehead atoms. The average Bonchev–Trinajstić information content (AvgIpc) is 3.18. The maximum Gasteiger partial charge on any atom is 0.322 e. The van der Waals surface area contributed by atoms with Gasteiger partial charge in [0.25, 0.3) is 5.91 Å². The van der Waals surface area contributed by atoms with Crippen molar-refractivity contribution in [3.63, 3.8) is 0 Å². The Balaban J connectivity index is 1.67. The number of amides is 3. The molecule has 30 heavy (non-hydrogen) atoms. The summed E-state index contributed by atoms with van der Waals surface area (Å²) in [5.74, 6) is -1.03. The van der Waals surface area contributed by atoms with Crippen LogP contribution in [0, 0.1) is 5.82 Å². The van der Waals surface area contributed by atoms with Crippen molar-refractivity contribution in [3.8, 4) is 0 Å². The molecule has 0 fully saturated rings. The normalized spacial score (nSPS) is 10.7. The maximum atomic E-state index is 13.7. The van der Waals surface area contributed by atoms with Crippen LogP contribution < -0.4 is 10.6 Å². The maximum absolute atomic E-state index is 13.7. The van der Waals surface area contributed by atoms with Crippen LogP contribution in [0.2, 0.25) is 5.02 Å². The predicted molar refractivity (Wildman–Crippen MR) is 118 cm³/mol. The molecule has 2 aromatic carbocycles. The summed E-state index contributed by atoms with van der Waals surface area (Å²) in [7, 11) is 0. The summed E-state index contributed by atoms with van der Waals surface area (Å²) >= 11 is 7.13. The first-order valence-corrected chi connectivity index (χ1v) is 10.4. The van der Waals surface area contributed by atoms with Crippen molar-refractivity contribution in [2.45, 2.75) is 26.4 Å². The lowest BCUT2D eigenvalue weighted by Crippen LogP contribution is -2.39. The topological polar surface area (TPSA) is 74.3 Å². The van der Waals surface area contributed by atoms with Crippen LogP contribution in [0.5, 0.6) is 0 Å². The average molecular weight is 447 g/mol. The number of anilines is 2. The number of hydrogen-bond acceptors (Lipinski definition) is 4. The lowest BCUT2D eigenvalue weighted by molar-refractivity contribution is 0.102. The number of nitrogens with zero attached hydrogens (tertiary/aromatic N) is 2. The summed E-state index contributed by atoms with van der Waals surface area (Å²) in [6.45, 7) is 4.01. The molecule has 3 amide bonds. The Hall–Kier alpha value is -2.97. The standard InChI is InChI=1S/C21H20ClFN4O2S/c1-13(2)27(21(29)24-15-9-7-14(22)8-10-15)11-19-25-18(12-30-19)20(28)26-17-6-4-3-5-16(17)23/h3-10,12-13H,11H2,1-2H3,(H,24,29)(H,26,28). The van der Waals surface area contributed by atoms with E-state index < -0.39 is 11.7 Å². The zero-order valence-electron chi connectivity index (χ0n) is 16.4. The molecule has 0 unspecified atom stereocenters. The first-order chi connectivity index (χ1) is 14.3. The summed E-state index contributed by atoms with van der Waals surface area (Å²) in [5, 5.41) is 8.08. The highest BCUT2D eigenvalue weighted by Gasteiger charge is 2.20. The predicted octanol–water partition coefficient (Wildman–Crippen LogP) is 5.63. The van der Waals surface area contributed by atoms with Gasteiger partial charge < -0.3 is 15.5 Å². The minimum Gasteiger partial charge on any atom is -0.318 e. The van der Waals surface area contributed by atoms with Crippen LogP contribution in [0.1, 0.15) is 29.3 Å². The highest BCUT2D eigenvalue weighted by molar-refractivity contribution is 7.09. The van der Waals surface area contributed by atoms with Gasteiger partial charge >= 0.3 is 6.03 Å². The second-order valence-electron chi connectivity index (χ2n) is 6.72. The number of urea groups is 1. The molecular weight excluding hydrogens is 427 g/mol. The van der Waals surface area contributed by atoms with E-state index in [1.807, 2.05) is 13.8 Å². The van der Waals surface area contributed by atoms with Crippen molar-refractivity contribution in [2.75, 3.05) is 10.6 Å². The Morgan fingerprint density at radius 3 is 2.50 bits per heavy atom. The van der Waals surface area contributed by atoms with Gasteiger partial charge in [0.15, 0.2) is 0 Å². The van der Waals surface area contributed by atoms with Crippen molar-refractivity contribution < 1.29 is 14.0 Å². The van der Waals surface area contributed by atoms with Crippen molar-refractivity contribution in [2.24, 2.45) is 0 Å². The number of aromatic nitrogens is 1. The number of carbonyl (C=O) groups excluding carboxylic acids is 2. The largest absolute Gasteiger partial charge is 0.322 e. The van der Waals surface area contributed by atoms with E-state index in [4.69, 9.17) is 11.6 Å². The molecule has 0 aliphatic rings. The highest BCUT2D eigenvalue weighted by Crippen LogP contribution is 2.19. The summed E-state index contributed by atoms with van der Waals surface area (Å²) in [4.78, 5) is 31.0. The zero-order valence-corrected chi connectivity index (χ0v) is 17.9. The third kappa shape index (κ3) is 5.55. The van der Waals surface area contributed by atoms with Crippen LogP contribution in [0.4, 0.5) is 20.6 Å². The van der Waals surface area contributed by atoms with Crippen LogP contribution in [-0.2, 0) is 6.54 Å². The Bertz CT molecular complexity index is 1040. The SMILES string of the molecule is CC(C)N(Cc1nc(C(=O)Nc2ccccc2F)cs1)C(=O)Nc1ccc(Cl)cc1. The van der Waals surface area contributed by atoms with Crippen LogP contribution in [0.3, 0.4) is 0 Å². The van der Waals surface area contributed by atoms with Gasteiger partial charge in [0, 0.05) is 22.1 Å². The van der Waals surface area contributed by atoms with Gasteiger partial charge in [0.05, 0.1) is 12.2 Å². The highest BCUT2D eigenvalue weighted by atomic mass is 35.5. The number of nitrogens with one attached hydrogen (secondary N) is 2. The smallest absolute Gasteiger partial charge is 0.318 e. The molecule has 2 N–H and O–H groups in total. The number of thiazole rings is 1. The van der Waals surface area contributed by atoms with Crippen molar-refractivity contribution >= 4 is 46.3 Å². The van der Waals surface area contributed by atoms with Gasteiger partial charge in [0.2, 0.25) is 0 Å². The van der Waals surface area contributed by atoms with Crippen molar-refractivity contribution in [1.82, 2.24) is 9.88 Å². The fraction of sp³-hybridized carbons (Fsp3) is 0.190. The van der Waals surface area contributed by atoms with E-state index in [2.05, 4.69) is 15.6 Å². The summed E-state index contributed by atoms with van der Waals surface area (Å²) < 4.78 is 13.7. The van der Waals surface area contributed by atoms with Gasteiger partial charge in [-0.3, -0.25) is 4.79 Å². The Morgan fingerprint density at radius 1 is 1.13 bits per heavy atom. The molecule has 0 radical (unpaired) electrons. The first-order valence-electron chi connectivity index (χ1n) is 9.17. The summed E-state index contributed by atoms with van der Waals surface area (Å²) in [6.07, 6.45) is 0. The van der Waals surface area contributed by atoms with E-state index in [9.17, 15) is 14.0 Å². The van der Waals surface area contributed by atoms with Crippen LogP contribution in [-0.4, -0.2) is 27.9 Å². The molecule has 9 heteroatoms. The molecule has 1 aromatic heterocycles. The third-order valence-corrected chi connectivity index (χ3v) is 5.28. The molecule has 0 saturated carbocycles. The van der Waals surface area contributed by atoms with E-state index in [0.29, 0.717) is 15.7 Å².